The van der Waals surface area contributed by atoms with Crippen molar-refractivity contribution < 1.29 is 18.8 Å². The number of β-lactam (4-membered cyclic amide) rings is 1. The highest BCUT2D eigenvalue weighted by Crippen LogP contribution is 2.45. The fraction of sp³-hybridized carbons (Fsp3) is 0.125. The molecule has 0 aliphatic carbocycles. The highest BCUT2D eigenvalue weighted by molar-refractivity contribution is 6.30. The summed E-state index contributed by atoms with van der Waals surface area (Å²) in [6.07, 6.45) is 0. The van der Waals surface area contributed by atoms with E-state index in [0.29, 0.717) is 16.3 Å². The molecule has 0 radical (unpaired) electrons. The Kier molecular flexibility index (Phi) is 4.41. The van der Waals surface area contributed by atoms with E-state index >= 15 is 0 Å². The predicted molar refractivity (Wildman–Crippen MR) is 114 cm³/mol. The van der Waals surface area contributed by atoms with Crippen LogP contribution in [0, 0.1) is 12.7 Å². The monoisotopic (exact) mass is 434 g/mol. The lowest BCUT2D eigenvalue weighted by Crippen LogP contribution is -2.67. The molecule has 0 spiro atoms. The van der Waals surface area contributed by atoms with Crippen LogP contribution in [0.25, 0.3) is 0 Å². The molecule has 7 heteroatoms. The standard InChI is InChI=1S/C24H16ClFN2O3/c1-13-12-15(25)8-11-19(13)27-20(14-6-9-16(26)10-7-14)21(24(27)31)28-22(29)17-4-2-3-5-18(17)23(28)30/h2-12,20-21H,1H3/t20-,21+/m1/s1. The number of carbonyl (C=O) groups is 3. The summed E-state index contributed by atoms with van der Waals surface area (Å²) in [4.78, 5) is 42.0. The number of nitrogens with zero attached hydrogens (tertiary/aromatic N) is 2. The third-order valence-corrected chi connectivity index (χ3v) is 6.04. The van der Waals surface area contributed by atoms with E-state index in [1.54, 1.807) is 54.6 Å². The van der Waals surface area contributed by atoms with Crippen LogP contribution < -0.4 is 4.90 Å². The number of rotatable bonds is 3. The highest BCUT2D eigenvalue weighted by Gasteiger charge is 2.57. The summed E-state index contributed by atoms with van der Waals surface area (Å²) < 4.78 is 13.6. The van der Waals surface area contributed by atoms with Gasteiger partial charge in [0.25, 0.3) is 17.7 Å². The number of halogens is 2. The summed E-state index contributed by atoms with van der Waals surface area (Å²) in [5, 5.41) is 0.532. The number of hydrogen-bond donors (Lipinski definition) is 0. The lowest BCUT2D eigenvalue weighted by atomic mass is 9.85. The maximum absolute atomic E-state index is 13.6. The molecular formula is C24H16ClFN2O3. The molecule has 3 aromatic carbocycles. The van der Waals surface area contributed by atoms with Crippen LogP contribution in [0.3, 0.4) is 0 Å². The molecule has 0 unspecified atom stereocenters. The van der Waals surface area contributed by atoms with Crippen molar-refractivity contribution in [2.45, 2.75) is 19.0 Å². The smallest absolute Gasteiger partial charge is 0.262 e. The van der Waals surface area contributed by atoms with Crippen LogP contribution in [0.2, 0.25) is 5.02 Å². The highest BCUT2D eigenvalue weighted by atomic mass is 35.5. The van der Waals surface area contributed by atoms with E-state index in [1.165, 1.54) is 17.0 Å². The van der Waals surface area contributed by atoms with Crippen molar-refractivity contribution in [2.75, 3.05) is 4.90 Å². The molecule has 5 rings (SSSR count). The topological polar surface area (TPSA) is 57.7 Å². The van der Waals surface area contributed by atoms with E-state index < -0.39 is 29.7 Å². The number of hydrogen-bond acceptors (Lipinski definition) is 3. The van der Waals surface area contributed by atoms with Crippen LogP contribution in [0.15, 0.2) is 66.7 Å². The summed E-state index contributed by atoms with van der Waals surface area (Å²) in [6, 6.07) is 15.7. The van der Waals surface area contributed by atoms with Crippen LogP contribution in [-0.4, -0.2) is 28.7 Å². The van der Waals surface area contributed by atoms with Gasteiger partial charge < -0.3 is 4.90 Å². The van der Waals surface area contributed by atoms with Crippen molar-refractivity contribution in [2.24, 2.45) is 0 Å². The maximum atomic E-state index is 13.6. The number of anilines is 1. The molecule has 2 aliphatic rings. The molecule has 0 N–H and O–H groups in total. The first kappa shape index (κ1) is 19.5. The van der Waals surface area contributed by atoms with Gasteiger partial charge in [-0.25, -0.2) is 4.39 Å². The minimum absolute atomic E-state index is 0.277. The maximum Gasteiger partial charge on any atom is 0.262 e. The summed E-state index contributed by atoms with van der Waals surface area (Å²) in [5.41, 5.74) is 2.57. The van der Waals surface area contributed by atoms with E-state index in [1.807, 2.05) is 6.92 Å². The number of aryl methyl sites for hydroxylation is 1. The number of benzene rings is 3. The molecule has 0 bridgehead atoms. The molecule has 2 heterocycles. The first-order valence-corrected chi connectivity index (χ1v) is 10.1. The zero-order valence-electron chi connectivity index (χ0n) is 16.4. The van der Waals surface area contributed by atoms with E-state index in [9.17, 15) is 18.8 Å². The van der Waals surface area contributed by atoms with Crippen LogP contribution >= 0.6 is 11.6 Å². The molecule has 1 saturated heterocycles. The summed E-state index contributed by atoms with van der Waals surface area (Å²) in [5.74, 6) is -1.80. The van der Waals surface area contributed by atoms with Crippen molar-refractivity contribution in [3.05, 3.63) is 99.8 Å². The Morgan fingerprint density at radius 2 is 1.42 bits per heavy atom. The number of carbonyl (C=O) groups excluding carboxylic acids is 3. The fourth-order valence-corrected chi connectivity index (χ4v) is 4.56. The molecule has 0 saturated carbocycles. The average Bonchev–Trinajstić information content (AvgIpc) is 3.00. The van der Waals surface area contributed by atoms with Gasteiger partial charge >= 0.3 is 0 Å². The summed E-state index contributed by atoms with van der Waals surface area (Å²) >= 11 is 6.07. The van der Waals surface area contributed by atoms with Gasteiger partial charge in [-0.3, -0.25) is 19.3 Å². The molecule has 0 aromatic heterocycles. The molecule has 3 amide bonds. The van der Waals surface area contributed by atoms with Crippen LogP contribution in [-0.2, 0) is 4.79 Å². The minimum Gasteiger partial charge on any atom is -0.300 e. The number of imide groups is 1. The Morgan fingerprint density at radius 1 is 0.806 bits per heavy atom. The Hall–Kier alpha value is -3.51. The Bertz CT molecular complexity index is 1220. The van der Waals surface area contributed by atoms with Gasteiger partial charge in [0.15, 0.2) is 0 Å². The largest absolute Gasteiger partial charge is 0.300 e. The van der Waals surface area contributed by atoms with Gasteiger partial charge in [-0.15, -0.1) is 0 Å². The van der Waals surface area contributed by atoms with Crippen molar-refractivity contribution >= 4 is 35.0 Å². The van der Waals surface area contributed by atoms with Crippen LogP contribution in [0.5, 0.6) is 0 Å². The van der Waals surface area contributed by atoms with Crippen LogP contribution in [0.1, 0.15) is 37.9 Å². The normalized spacial score (nSPS) is 20.2. The van der Waals surface area contributed by atoms with Gasteiger partial charge in [0, 0.05) is 10.7 Å². The number of amides is 3. The van der Waals surface area contributed by atoms with Crippen molar-refractivity contribution in [1.82, 2.24) is 4.90 Å². The molecule has 2 aliphatic heterocycles. The van der Waals surface area contributed by atoms with Crippen molar-refractivity contribution in [1.29, 1.82) is 0 Å². The van der Waals surface area contributed by atoms with Gasteiger partial charge in [0.2, 0.25) is 0 Å². The van der Waals surface area contributed by atoms with Gasteiger partial charge in [-0.05, 0) is 60.5 Å². The molecule has 3 aromatic rings. The van der Waals surface area contributed by atoms with Crippen molar-refractivity contribution in [3.8, 4) is 0 Å². The number of fused-ring (bicyclic) bond motifs is 1. The SMILES string of the molecule is Cc1cc(Cl)ccc1N1C(=O)[C@@H](N2C(=O)c3ccccc3C2=O)[C@H]1c1ccc(F)cc1. The van der Waals surface area contributed by atoms with Crippen molar-refractivity contribution in [3.63, 3.8) is 0 Å². The van der Waals surface area contributed by atoms with E-state index in [2.05, 4.69) is 0 Å². The summed E-state index contributed by atoms with van der Waals surface area (Å²) in [7, 11) is 0. The Labute approximate surface area is 182 Å². The predicted octanol–water partition coefficient (Wildman–Crippen LogP) is 4.54. The third kappa shape index (κ3) is 2.86. The fourth-order valence-electron chi connectivity index (χ4n) is 4.33. The first-order chi connectivity index (χ1) is 14.9. The molecule has 154 valence electrons. The second-order valence-corrected chi connectivity index (χ2v) is 8.04. The zero-order valence-corrected chi connectivity index (χ0v) is 17.1. The van der Waals surface area contributed by atoms with E-state index in [4.69, 9.17) is 11.6 Å². The quantitative estimate of drug-likeness (QED) is 0.449. The van der Waals surface area contributed by atoms with E-state index in [-0.39, 0.29) is 17.0 Å². The molecular weight excluding hydrogens is 419 g/mol. The van der Waals surface area contributed by atoms with Gasteiger partial charge in [0.05, 0.1) is 17.2 Å². The molecule has 5 nitrogen and oxygen atoms in total. The second-order valence-electron chi connectivity index (χ2n) is 7.61. The molecule has 31 heavy (non-hydrogen) atoms. The second kappa shape index (κ2) is 7.03. The average molecular weight is 435 g/mol. The van der Waals surface area contributed by atoms with E-state index in [0.717, 1.165) is 10.5 Å². The lowest BCUT2D eigenvalue weighted by Gasteiger charge is -2.50. The van der Waals surface area contributed by atoms with Gasteiger partial charge in [-0.2, -0.15) is 0 Å². The minimum atomic E-state index is -1.02. The molecule has 1 fully saturated rings. The van der Waals surface area contributed by atoms with Crippen LogP contribution in [0.4, 0.5) is 10.1 Å². The Morgan fingerprint density at radius 3 is 2.00 bits per heavy atom. The first-order valence-electron chi connectivity index (χ1n) is 9.70. The zero-order chi connectivity index (χ0) is 21.9. The molecule has 2 atom stereocenters. The van der Waals surface area contributed by atoms with Gasteiger partial charge in [0.1, 0.15) is 11.9 Å². The third-order valence-electron chi connectivity index (χ3n) is 5.80. The summed E-state index contributed by atoms with van der Waals surface area (Å²) in [6.45, 7) is 1.82. The van der Waals surface area contributed by atoms with Gasteiger partial charge in [-0.1, -0.05) is 35.9 Å². The Balaban J connectivity index is 1.61. The lowest BCUT2D eigenvalue weighted by molar-refractivity contribution is -0.130.